The lowest BCUT2D eigenvalue weighted by Gasteiger charge is -2.72. The summed E-state index contributed by atoms with van der Waals surface area (Å²) in [4.78, 5) is 26.6. The summed E-state index contributed by atoms with van der Waals surface area (Å²) >= 11 is 0. The standard InChI is InChI=1S/C37H53N5O4/c1-21(2)22(3)33(5)14-15-35(7)24-9-10-28-34(6)18-46-23(4)37(28,25(24)11-13-36(35,8)29(33)32(44)45)17-27(30(34)43)42-31(40-20-41-42)26-12-16-38-19-39-26/h11-12,16,19-24,27-30,43H,9-10,13-15,17-18H2,1-8H3,(H,44,45)/t22-,23+,24+,27-,28+,29-,30+,33-,34-,35-,36+,37+/m1/s1. The van der Waals surface area contributed by atoms with Gasteiger partial charge in [-0.3, -0.25) is 4.79 Å². The van der Waals surface area contributed by atoms with Crippen molar-refractivity contribution in [2.45, 2.75) is 112 Å². The third-order valence-electron chi connectivity index (χ3n) is 15.3. The number of carbonyl (C=O) groups is 1. The van der Waals surface area contributed by atoms with Crippen molar-refractivity contribution in [1.29, 1.82) is 0 Å². The predicted octanol–water partition coefficient (Wildman–Crippen LogP) is 6.61. The minimum atomic E-state index is -0.675. The molecule has 3 heterocycles. The first-order valence-corrected chi connectivity index (χ1v) is 17.6. The molecule has 9 nitrogen and oxygen atoms in total. The normalized spacial score (nSPS) is 45.7. The van der Waals surface area contributed by atoms with Gasteiger partial charge < -0.3 is 14.9 Å². The van der Waals surface area contributed by atoms with E-state index >= 15 is 0 Å². The molecule has 7 rings (SSSR count). The molecule has 2 aromatic heterocycles. The van der Waals surface area contributed by atoms with Gasteiger partial charge in [0.1, 0.15) is 18.3 Å². The van der Waals surface area contributed by atoms with E-state index < -0.39 is 23.4 Å². The maximum Gasteiger partial charge on any atom is 0.307 e. The van der Waals surface area contributed by atoms with Crippen LogP contribution in [-0.2, 0) is 9.53 Å². The number of allylic oxidation sites excluding steroid dienone is 1. The van der Waals surface area contributed by atoms with Crippen molar-refractivity contribution in [2.75, 3.05) is 6.61 Å². The maximum absolute atomic E-state index is 13.4. The number of rotatable bonds is 5. The fourth-order valence-electron chi connectivity index (χ4n) is 12.3. The van der Waals surface area contributed by atoms with E-state index in [1.54, 1.807) is 12.5 Å². The van der Waals surface area contributed by atoms with Crippen LogP contribution < -0.4 is 0 Å². The summed E-state index contributed by atoms with van der Waals surface area (Å²) in [5, 5.41) is 28.0. The van der Waals surface area contributed by atoms with Gasteiger partial charge in [-0.2, -0.15) is 5.10 Å². The molecule has 0 spiro atoms. The maximum atomic E-state index is 13.4. The molecule has 46 heavy (non-hydrogen) atoms. The third kappa shape index (κ3) is 3.90. The Labute approximate surface area is 273 Å². The molecule has 5 aliphatic rings. The molecule has 4 aliphatic carbocycles. The number of hydrogen-bond acceptors (Lipinski definition) is 7. The first-order chi connectivity index (χ1) is 21.7. The van der Waals surface area contributed by atoms with E-state index in [0.717, 1.165) is 32.1 Å². The molecule has 250 valence electrons. The second-order valence-corrected chi connectivity index (χ2v) is 17.0. The highest BCUT2D eigenvalue weighted by atomic mass is 16.5. The zero-order valence-corrected chi connectivity index (χ0v) is 28.9. The van der Waals surface area contributed by atoms with Gasteiger partial charge in [0, 0.05) is 17.0 Å². The Morgan fingerprint density at radius 3 is 2.50 bits per heavy atom. The summed E-state index contributed by atoms with van der Waals surface area (Å²) in [5.41, 5.74) is 0.527. The molecule has 2 N–H and O–H groups in total. The average molecular weight is 632 g/mol. The summed E-state index contributed by atoms with van der Waals surface area (Å²) < 4.78 is 8.59. The van der Waals surface area contributed by atoms with Crippen LogP contribution in [0.3, 0.4) is 0 Å². The summed E-state index contributed by atoms with van der Waals surface area (Å²) in [5.74, 6) is 0.785. The Bertz CT molecular complexity index is 1540. The van der Waals surface area contributed by atoms with Gasteiger partial charge in [-0.1, -0.05) is 60.1 Å². The molecule has 3 saturated carbocycles. The van der Waals surface area contributed by atoms with E-state index in [-0.39, 0.29) is 45.6 Å². The molecule has 2 aromatic rings. The lowest BCUT2D eigenvalue weighted by molar-refractivity contribution is -0.263. The highest BCUT2D eigenvalue weighted by molar-refractivity contribution is 5.73. The fraction of sp³-hybridized carbons (Fsp3) is 0.757. The van der Waals surface area contributed by atoms with Crippen molar-refractivity contribution in [2.24, 2.45) is 56.7 Å². The molecule has 12 atom stereocenters. The van der Waals surface area contributed by atoms with Gasteiger partial charge >= 0.3 is 5.97 Å². The number of aromatic nitrogens is 5. The van der Waals surface area contributed by atoms with Crippen molar-refractivity contribution in [1.82, 2.24) is 24.7 Å². The molecule has 4 fully saturated rings. The quantitative estimate of drug-likeness (QED) is 0.353. The number of hydrogen-bond donors (Lipinski definition) is 2. The van der Waals surface area contributed by atoms with Crippen LogP contribution in [0.2, 0.25) is 0 Å². The molecule has 0 amide bonds. The van der Waals surface area contributed by atoms with Crippen LogP contribution in [0.1, 0.15) is 100.0 Å². The molecule has 2 bridgehead atoms. The Hall–Kier alpha value is -2.65. The van der Waals surface area contributed by atoms with Crippen LogP contribution in [0.5, 0.6) is 0 Å². The van der Waals surface area contributed by atoms with Crippen molar-refractivity contribution < 1.29 is 19.7 Å². The molecule has 1 saturated heterocycles. The van der Waals surface area contributed by atoms with Gasteiger partial charge in [-0.15, -0.1) is 0 Å². The lowest BCUT2D eigenvalue weighted by atomic mass is 9.33. The molecule has 9 heteroatoms. The van der Waals surface area contributed by atoms with Gasteiger partial charge in [0.25, 0.3) is 0 Å². The Balaban J connectivity index is 1.36. The second kappa shape index (κ2) is 10.4. The summed E-state index contributed by atoms with van der Waals surface area (Å²) in [6.45, 7) is 18.7. The van der Waals surface area contributed by atoms with Crippen molar-refractivity contribution >= 4 is 5.97 Å². The van der Waals surface area contributed by atoms with Crippen LogP contribution in [0.25, 0.3) is 11.5 Å². The molecular formula is C37H53N5O4. The number of aliphatic carboxylic acids is 1. The zero-order chi connectivity index (χ0) is 33.0. The van der Waals surface area contributed by atoms with E-state index in [1.807, 2.05) is 10.7 Å². The first-order valence-electron chi connectivity index (χ1n) is 17.6. The van der Waals surface area contributed by atoms with Gasteiger partial charge in [-0.05, 0) is 91.4 Å². The lowest BCUT2D eigenvalue weighted by Crippen LogP contribution is -2.70. The highest BCUT2D eigenvalue weighted by Gasteiger charge is 2.72. The van der Waals surface area contributed by atoms with Gasteiger partial charge in [0.05, 0.1) is 30.8 Å². The molecule has 0 unspecified atom stereocenters. The van der Waals surface area contributed by atoms with Crippen LogP contribution >= 0.6 is 0 Å². The minimum Gasteiger partial charge on any atom is -0.481 e. The second-order valence-electron chi connectivity index (χ2n) is 17.0. The third-order valence-corrected chi connectivity index (χ3v) is 15.3. The molecule has 0 aromatic carbocycles. The molecule has 1 aliphatic heterocycles. The number of fused-ring (bicyclic) bond motifs is 3. The van der Waals surface area contributed by atoms with Gasteiger partial charge in [0.15, 0.2) is 5.82 Å². The topological polar surface area (TPSA) is 123 Å². The monoisotopic (exact) mass is 631 g/mol. The number of aliphatic hydroxyl groups excluding tert-OH is 1. The van der Waals surface area contributed by atoms with E-state index in [1.165, 1.54) is 11.9 Å². The average Bonchev–Trinajstić information content (AvgIpc) is 3.51. The van der Waals surface area contributed by atoms with Gasteiger partial charge in [0.2, 0.25) is 0 Å². The van der Waals surface area contributed by atoms with Crippen LogP contribution in [0.4, 0.5) is 0 Å². The Morgan fingerprint density at radius 1 is 1.07 bits per heavy atom. The Kier molecular flexibility index (Phi) is 7.23. The van der Waals surface area contributed by atoms with Gasteiger partial charge in [-0.25, -0.2) is 19.6 Å². The largest absolute Gasteiger partial charge is 0.481 e. The summed E-state index contributed by atoms with van der Waals surface area (Å²) in [6, 6.07) is 1.53. The van der Waals surface area contributed by atoms with Crippen LogP contribution in [0.15, 0.2) is 36.6 Å². The van der Waals surface area contributed by atoms with E-state index in [4.69, 9.17) is 9.84 Å². The summed E-state index contributed by atoms with van der Waals surface area (Å²) in [7, 11) is 0. The smallest absolute Gasteiger partial charge is 0.307 e. The molecular weight excluding hydrogens is 578 g/mol. The minimum absolute atomic E-state index is 0.0429. The van der Waals surface area contributed by atoms with Crippen LogP contribution in [0, 0.1) is 56.7 Å². The Morgan fingerprint density at radius 2 is 1.83 bits per heavy atom. The SMILES string of the molecule is CC(C)[C@@H](C)[C@@]1(C)CC[C@]2(C)[C@H]3CC[C@H]4[C@@]5(C)CO[C@@H](C)[C@@]4(C[C@@H](n4ncnc4-c4ccncn4)[C@@H]5O)C3=CC[C@@]2(C)[C@@H]1C(=O)O. The summed E-state index contributed by atoms with van der Waals surface area (Å²) in [6.07, 6.45) is 11.9. The number of ether oxygens (including phenoxy) is 1. The highest BCUT2D eigenvalue weighted by Crippen LogP contribution is 2.76. The number of carboxylic acid groups (broad SMARTS) is 1. The first kappa shape index (κ1) is 31.9. The fourth-order valence-corrected chi connectivity index (χ4v) is 12.3. The zero-order valence-electron chi connectivity index (χ0n) is 28.9. The predicted molar refractivity (Wildman–Crippen MR) is 174 cm³/mol. The van der Waals surface area contributed by atoms with Crippen molar-refractivity contribution in [3.8, 4) is 11.5 Å². The van der Waals surface area contributed by atoms with E-state index in [2.05, 4.69) is 76.4 Å². The van der Waals surface area contributed by atoms with Crippen LogP contribution in [-0.4, -0.2) is 59.7 Å². The van der Waals surface area contributed by atoms with Crippen molar-refractivity contribution in [3.63, 3.8) is 0 Å². The van der Waals surface area contributed by atoms with E-state index in [9.17, 15) is 15.0 Å². The number of carboxylic acids is 1. The number of nitrogens with zero attached hydrogens (tertiary/aromatic N) is 5. The number of aliphatic hydroxyl groups is 1. The van der Waals surface area contributed by atoms with E-state index in [0.29, 0.717) is 36.4 Å². The van der Waals surface area contributed by atoms with Crippen molar-refractivity contribution in [3.05, 3.63) is 36.6 Å². The molecule has 0 radical (unpaired) electrons.